The Kier molecular flexibility index (Phi) is 5.59. The first kappa shape index (κ1) is 17.1. The van der Waals surface area contributed by atoms with Crippen LogP contribution < -0.4 is 4.72 Å². The fraction of sp³-hybridized carbons (Fsp3) is 0.400. The van der Waals surface area contributed by atoms with Gasteiger partial charge in [0.05, 0.1) is 10.6 Å². The molecule has 0 fully saturated rings. The van der Waals surface area contributed by atoms with Crippen molar-refractivity contribution in [3.05, 3.63) is 27.1 Å². The van der Waals surface area contributed by atoms with Gasteiger partial charge in [0.25, 0.3) is 0 Å². The Morgan fingerprint density at radius 1 is 1.21 bits per heavy atom. The second-order valence-electron chi connectivity index (χ2n) is 4.19. The lowest BCUT2D eigenvalue weighted by atomic mass is 10.4. The van der Waals surface area contributed by atoms with E-state index in [9.17, 15) is 16.8 Å². The number of rotatable bonds is 5. The molecule has 1 aromatic carbocycles. The number of nitrogens with one attached hydrogen (secondary N) is 1. The average Bonchev–Trinajstić information content (AvgIpc) is 2.17. The summed E-state index contributed by atoms with van der Waals surface area (Å²) in [4.78, 5) is 0.0576. The minimum Gasteiger partial charge on any atom is -0.229 e. The van der Waals surface area contributed by atoms with E-state index in [-0.39, 0.29) is 10.6 Å². The molecule has 0 heterocycles. The molecule has 0 aliphatic heterocycles. The van der Waals surface area contributed by atoms with Crippen molar-refractivity contribution in [2.75, 3.05) is 12.0 Å². The maximum absolute atomic E-state index is 12.1. The third-order valence-electron chi connectivity index (χ3n) is 2.09. The van der Waals surface area contributed by atoms with Crippen molar-refractivity contribution in [2.24, 2.45) is 0 Å². The summed E-state index contributed by atoms with van der Waals surface area (Å²) in [7, 11) is -7.02. The van der Waals surface area contributed by atoms with E-state index in [1.165, 1.54) is 13.0 Å². The minimum absolute atomic E-state index is 0.0576. The van der Waals surface area contributed by atoms with Crippen LogP contribution in [0, 0.1) is 0 Å². The van der Waals surface area contributed by atoms with E-state index in [0.29, 0.717) is 8.95 Å². The zero-order valence-corrected chi connectivity index (χ0v) is 15.0. The second-order valence-corrected chi connectivity index (χ2v) is 9.83. The predicted molar refractivity (Wildman–Crippen MR) is 81.3 cm³/mol. The highest BCUT2D eigenvalue weighted by Gasteiger charge is 2.22. The minimum atomic E-state index is -3.78. The number of hydrogen-bond acceptors (Lipinski definition) is 4. The molecule has 0 radical (unpaired) electrons. The lowest BCUT2D eigenvalue weighted by Crippen LogP contribution is -2.37. The van der Waals surface area contributed by atoms with Crippen LogP contribution >= 0.6 is 31.9 Å². The maximum atomic E-state index is 12.1. The topological polar surface area (TPSA) is 80.3 Å². The van der Waals surface area contributed by atoms with Gasteiger partial charge >= 0.3 is 0 Å². The van der Waals surface area contributed by atoms with Gasteiger partial charge in [0.15, 0.2) is 0 Å². The molecule has 108 valence electrons. The Morgan fingerprint density at radius 3 is 2.32 bits per heavy atom. The summed E-state index contributed by atoms with van der Waals surface area (Å²) in [5, 5.41) is 0. The van der Waals surface area contributed by atoms with Gasteiger partial charge in [-0.05, 0) is 41.1 Å². The van der Waals surface area contributed by atoms with Crippen LogP contribution in [0.15, 0.2) is 32.0 Å². The third-order valence-corrected chi connectivity index (χ3v) is 6.27. The summed E-state index contributed by atoms with van der Waals surface area (Å²) < 4.78 is 49.9. The Labute approximate surface area is 130 Å². The molecule has 0 saturated heterocycles. The van der Waals surface area contributed by atoms with E-state index in [2.05, 4.69) is 36.6 Å². The normalized spacial score (nSPS) is 14.3. The largest absolute Gasteiger partial charge is 0.242 e. The van der Waals surface area contributed by atoms with Crippen molar-refractivity contribution in [3.63, 3.8) is 0 Å². The Morgan fingerprint density at radius 2 is 1.79 bits per heavy atom. The summed E-state index contributed by atoms with van der Waals surface area (Å²) >= 11 is 6.35. The standard InChI is InChI=1S/C10H13Br2NO4S2/c1-7(6-18(2,14)15)13-19(16,17)10-5-8(11)3-4-9(10)12/h3-5,7,13H,6H2,1-2H3. The lowest BCUT2D eigenvalue weighted by Gasteiger charge is -2.14. The SMILES string of the molecule is CC(CS(C)(=O)=O)NS(=O)(=O)c1cc(Br)ccc1Br. The van der Waals surface area contributed by atoms with E-state index in [1.807, 2.05) is 0 Å². The van der Waals surface area contributed by atoms with Crippen LogP contribution in [0.4, 0.5) is 0 Å². The van der Waals surface area contributed by atoms with E-state index in [4.69, 9.17) is 0 Å². The van der Waals surface area contributed by atoms with Gasteiger partial charge < -0.3 is 0 Å². The molecule has 0 amide bonds. The molecule has 1 N–H and O–H groups in total. The fourth-order valence-corrected chi connectivity index (χ4v) is 5.34. The molecule has 0 spiro atoms. The Balaban J connectivity index is 3.02. The summed E-state index contributed by atoms with van der Waals surface area (Å²) in [5.74, 6) is -0.252. The van der Waals surface area contributed by atoms with Crippen molar-refractivity contribution in [1.82, 2.24) is 4.72 Å². The van der Waals surface area contributed by atoms with Crippen LogP contribution in [0.1, 0.15) is 6.92 Å². The Hall–Kier alpha value is 0.0400. The highest BCUT2D eigenvalue weighted by Crippen LogP contribution is 2.25. The first-order chi connectivity index (χ1) is 8.51. The predicted octanol–water partition coefficient (Wildman–Crippen LogP) is 1.92. The zero-order chi connectivity index (χ0) is 14.8. The highest BCUT2D eigenvalue weighted by atomic mass is 79.9. The van der Waals surface area contributed by atoms with Crippen LogP contribution in [-0.2, 0) is 19.9 Å². The maximum Gasteiger partial charge on any atom is 0.242 e. The molecule has 9 heteroatoms. The molecule has 0 bridgehead atoms. The number of benzene rings is 1. The Bertz CT molecular complexity index is 671. The van der Waals surface area contributed by atoms with Crippen molar-refractivity contribution >= 4 is 51.7 Å². The van der Waals surface area contributed by atoms with E-state index in [0.717, 1.165) is 6.26 Å². The molecule has 1 rings (SSSR count). The quantitative estimate of drug-likeness (QED) is 0.767. The second kappa shape index (κ2) is 6.21. The van der Waals surface area contributed by atoms with Gasteiger partial charge in [-0.15, -0.1) is 0 Å². The molecule has 5 nitrogen and oxygen atoms in total. The molecule has 1 aromatic rings. The van der Waals surface area contributed by atoms with Crippen molar-refractivity contribution < 1.29 is 16.8 Å². The fourth-order valence-electron chi connectivity index (χ4n) is 1.50. The highest BCUT2D eigenvalue weighted by molar-refractivity contribution is 9.11. The monoisotopic (exact) mass is 433 g/mol. The summed E-state index contributed by atoms with van der Waals surface area (Å²) in [5.41, 5.74) is 0. The van der Waals surface area contributed by atoms with Gasteiger partial charge in [-0.2, -0.15) is 0 Å². The van der Waals surface area contributed by atoms with Crippen molar-refractivity contribution in [3.8, 4) is 0 Å². The van der Waals surface area contributed by atoms with Gasteiger partial charge in [-0.25, -0.2) is 21.6 Å². The smallest absolute Gasteiger partial charge is 0.229 e. The van der Waals surface area contributed by atoms with Crippen LogP contribution in [-0.4, -0.2) is 34.9 Å². The van der Waals surface area contributed by atoms with Crippen LogP contribution in [0.2, 0.25) is 0 Å². The molecule has 1 unspecified atom stereocenters. The average molecular weight is 435 g/mol. The van der Waals surface area contributed by atoms with Gasteiger partial charge in [0.1, 0.15) is 9.84 Å². The van der Waals surface area contributed by atoms with E-state index < -0.39 is 25.9 Å². The van der Waals surface area contributed by atoms with Crippen molar-refractivity contribution in [1.29, 1.82) is 0 Å². The van der Waals surface area contributed by atoms with Crippen LogP contribution in [0.5, 0.6) is 0 Å². The molecule has 0 saturated carbocycles. The first-order valence-electron chi connectivity index (χ1n) is 5.16. The van der Waals surface area contributed by atoms with E-state index in [1.54, 1.807) is 12.1 Å². The number of sulfone groups is 1. The summed E-state index contributed by atoms with van der Waals surface area (Å²) in [6.45, 7) is 1.50. The van der Waals surface area contributed by atoms with Crippen LogP contribution in [0.25, 0.3) is 0 Å². The van der Waals surface area contributed by atoms with Gasteiger partial charge in [0.2, 0.25) is 10.0 Å². The lowest BCUT2D eigenvalue weighted by molar-refractivity contribution is 0.564. The van der Waals surface area contributed by atoms with Crippen LogP contribution in [0.3, 0.4) is 0 Å². The first-order valence-corrected chi connectivity index (χ1v) is 10.3. The van der Waals surface area contributed by atoms with Gasteiger partial charge in [-0.1, -0.05) is 15.9 Å². The molecule has 0 aromatic heterocycles. The zero-order valence-electron chi connectivity index (χ0n) is 10.2. The number of hydrogen-bond donors (Lipinski definition) is 1. The van der Waals surface area contributed by atoms with Crippen molar-refractivity contribution in [2.45, 2.75) is 17.9 Å². The number of halogens is 2. The number of sulfonamides is 1. The van der Waals surface area contributed by atoms with Gasteiger partial charge in [0, 0.05) is 21.2 Å². The van der Waals surface area contributed by atoms with Gasteiger partial charge in [-0.3, -0.25) is 0 Å². The molecular formula is C10H13Br2NO4S2. The summed E-state index contributed by atoms with van der Waals surface area (Å²) in [6, 6.07) is 4.04. The molecule has 19 heavy (non-hydrogen) atoms. The molecular weight excluding hydrogens is 422 g/mol. The molecule has 0 aliphatic rings. The molecule has 0 aliphatic carbocycles. The molecule has 1 atom stereocenters. The third kappa shape index (κ3) is 5.50. The van der Waals surface area contributed by atoms with E-state index >= 15 is 0 Å². The summed E-state index contributed by atoms with van der Waals surface area (Å²) in [6.07, 6.45) is 1.06.